The molecular formula is C22H32N4O3. The van der Waals surface area contributed by atoms with Gasteiger partial charge in [0.1, 0.15) is 0 Å². The van der Waals surface area contributed by atoms with E-state index >= 15 is 0 Å². The summed E-state index contributed by atoms with van der Waals surface area (Å²) in [6, 6.07) is 5.92. The summed E-state index contributed by atoms with van der Waals surface area (Å²) in [7, 11) is 0. The van der Waals surface area contributed by atoms with Crippen molar-refractivity contribution in [3.05, 3.63) is 30.1 Å². The van der Waals surface area contributed by atoms with E-state index in [1.165, 1.54) is 0 Å². The summed E-state index contributed by atoms with van der Waals surface area (Å²) >= 11 is 0. The van der Waals surface area contributed by atoms with Gasteiger partial charge in [0.05, 0.1) is 5.92 Å². The van der Waals surface area contributed by atoms with Crippen molar-refractivity contribution in [1.29, 1.82) is 0 Å². The molecule has 3 rings (SSSR count). The Bertz CT molecular complexity index is 695. The number of aromatic nitrogens is 1. The fourth-order valence-electron chi connectivity index (χ4n) is 4.07. The van der Waals surface area contributed by atoms with E-state index in [0.717, 1.165) is 44.3 Å². The molecule has 0 saturated carbocycles. The zero-order valence-corrected chi connectivity index (χ0v) is 17.1. The molecule has 7 heteroatoms. The Morgan fingerprint density at radius 1 is 1.07 bits per heavy atom. The van der Waals surface area contributed by atoms with E-state index in [1.54, 1.807) is 11.1 Å². The first-order valence-corrected chi connectivity index (χ1v) is 10.9. The molecule has 1 atom stereocenters. The third kappa shape index (κ3) is 6.54. The lowest BCUT2D eigenvalue weighted by Crippen LogP contribution is -2.46. The number of likely N-dealkylation sites (tertiary alicyclic amines) is 2. The van der Waals surface area contributed by atoms with E-state index < -0.39 is 0 Å². The second-order valence-corrected chi connectivity index (χ2v) is 7.98. The van der Waals surface area contributed by atoms with Gasteiger partial charge in [0.2, 0.25) is 17.7 Å². The number of hydrogen-bond acceptors (Lipinski definition) is 4. The van der Waals surface area contributed by atoms with Gasteiger partial charge in [-0.05, 0) is 50.7 Å². The first kappa shape index (κ1) is 21.3. The van der Waals surface area contributed by atoms with E-state index in [1.807, 2.05) is 23.1 Å². The summed E-state index contributed by atoms with van der Waals surface area (Å²) < 4.78 is 0. The molecule has 3 heterocycles. The molecular weight excluding hydrogens is 368 g/mol. The number of unbranched alkanes of at least 4 members (excludes halogenated alkanes) is 1. The molecule has 29 heavy (non-hydrogen) atoms. The molecule has 0 spiro atoms. The Morgan fingerprint density at radius 3 is 2.66 bits per heavy atom. The monoisotopic (exact) mass is 400 g/mol. The van der Waals surface area contributed by atoms with Crippen LogP contribution in [0.1, 0.15) is 50.6 Å². The molecule has 0 radical (unpaired) electrons. The number of piperidine rings is 1. The number of aryl methyl sites for hydroxylation is 1. The van der Waals surface area contributed by atoms with Crippen LogP contribution in [0.4, 0.5) is 0 Å². The number of nitrogens with one attached hydrogen (secondary N) is 1. The molecule has 0 aromatic carbocycles. The Kier molecular flexibility index (Phi) is 8.02. The van der Waals surface area contributed by atoms with Crippen molar-refractivity contribution >= 4 is 17.7 Å². The summed E-state index contributed by atoms with van der Waals surface area (Å²) in [5.41, 5.74) is 1.08. The summed E-state index contributed by atoms with van der Waals surface area (Å²) in [5.74, 6) is 0.263. The topological polar surface area (TPSA) is 82.6 Å². The van der Waals surface area contributed by atoms with Crippen LogP contribution in [-0.4, -0.2) is 65.2 Å². The molecule has 1 aromatic rings. The lowest BCUT2D eigenvalue weighted by molar-refractivity contribution is -0.138. The highest BCUT2D eigenvalue weighted by Gasteiger charge is 2.30. The number of carbonyl (C=O) groups is 3. The second-order valence-electron chi connectivity index (χ2n) is 7.98. The van der Waals surface area contributed by atoms with Crippen molar-refractivity contribution in [2.24, 2.45) is 5.92 Å². The molecule has 2 saturated heterocycles. The Hall–Kier alpha value is -2.44. The Morgan fingerprint density at radius 2 is 1.90 bits per heavy atom. The van der Waals surface area contributed by atoms with Gasteiger partial charge in [-0.15, -0.1) is 0 Å². The van der Waals surface area contributed by atoms with Gasteiger partial charge in [-0.2, -0.15) is 0 Å². The van der Waals surface area contributed by atoms with E-state index in [9.17, 15) is 14.4 Å². The average Bonchev–Trinajstić information content (AvgIpc) is 3.14. The minimum absolute atomic E-state index is 0.0510. The van der Waals surface area contributed by atoms with E-state index in [-0.39, 0.29) is 23.6 Å². The Balaban J connectivity index is 1.32. The lowest BCUT2D eigenvalue weighted by Gasteiger charge is -2.32. The predicted octanol–water partition coefficient (Wildman–Crippen LogP) is 1.77. The summed E-state index contributed by atoms with van der Waals surface area (Å²) in [5, 5.41) is 3.03. The van der Waals surface area contributed by atoms with E-state index in [2.05, 4.69) is 10.3 Å². The molecule has 1 N–H and O–H groups in total. The highest BCUT2D eigenvalue weighted by Crippen LogP contribution is 2.19. The molecule has 2 aliphatic heterocycles. The molecule has 0 aliphatic carbocycles. The first-order chi connectivity index (χ1) is 14.1. The number of carbonyl (C=O) groups excluding carboxylic acids is 3. The number of amides is 3. The van der Waals surface area contributed by atoms with Gasteiger partial charge in [0.15, 0.2) is 0 Å². The zero-order chi connectivity index (χ0) is 20.5. The molecule has 158 valence electrons. The highest BCUT2D eigenvalue weighted by molar-refractivity contribution is 5.83. The SMILES string of the molecule is O=C(NCCCCc1ccccn1)[C@@H]1CCC(=O)N(CCCN2CCCC2=O)C1. The van der Waals surface area contributed by atoms with Crippen molar-refractivity contribution in [1.82, 2.24) is 20.1 Å². The van der Waals surface area contributed by atoms with Crippen LogP contribution in [0.2, 0.25) is 0 Å². The maximum Gasteiger partial charge on any atom is 0.224 e. The lowest BCUT2D eigenvalue weighted by atomic mass is 9.96. The van der Waals surface area contributed by atoms with Crippen LogP contribution in [0, 0.1) is 5.92 Å². The van der Waals surface area contributed by atoms with Crippen LogP contribution in [-0.2, 0) is 20.8 Å². The predicted molar refractivity (Wildman–Crippen MR) is 110 cm³/mol. The molecule has 0 bridgehead atoms. The van der Waals surface area contributed by atoms with Crippen LogP contribution in [0.3, 0.4) is 0 Å². The highest BCUT2D eigenvalue weighted by atomic mass is 16.2. The smallest absolute Gasteiger partial charge is 0.224 e. The third-order valence-electron chi connectivity index (χ3n) is 5.78. The molecule has 3 amide bonds. The van der Waals surface area contributed by atoms with E-state index in [4.69, 9.17) is 0 Å². The van der Waals surface area contributed by atoms with Gasteiger partial charge in [0, 0.05) is 57.5 Å². The van der Waals surface area contributed by atoms with Crippen molar-refractivity contribution < 1.29 is 14.4 Å². The summed E-state index contributed by atoms with van der Waals surface area (Å²) in [4.78, 5) is 44.4. The first-order valence-electron chi connectivity index (χ1n) is 10.9. The molecule has 7 nitrogen and oxygen atoms in total. The number of pyridine rings is 1. The van der Waals surface area contributed by atoms with Crippen molar-refractivity contribution in [3.8, 4) is 0 Å². The third-order valence-corrected chi connectivity index (χ3v) is 5.78. The molecule has 0 unspecified atom stereocenters. The van der Waals surface area contributed by atoms with Gasteiger partial charge in [-0.3, -0.25) is 19.4 Å². The van der Waals surface area contributed by atoms with Crippen molar-refractivity contribution in [3.63, 3.8) is 0 Å². The van der Waals surface area contributed by atoms with Gasteiger partial charge >= 0.3 is 0 Å². The van der Waals surface area contributed by atoms with Crippen LogP contribution in [0.15, 0.2) is 24.4 Å². The Labute approximate surface area is 172 Å². The molecule has 2 aliphatic rings. The van der Waals surface area contributed by atoms with Gasteiger partial charge < -0.3 is 15.1 Å². The maximum atomic E-state index is 12.5. The number of hydrogen-bond donors (Lipinski definition) is 1. The van der Waals surface area contributed by atoms with Crippen LogP contribution >= 0.6 is 0 Å². The van der Waals surface area contributed by atoms with Gasteiger partial charge in [-0.1, -0.05) is 6.07 Å². The van der Waals surface area contributed by atoms with Crippen molar-refractivity contribution in [2.45, 2.75) is 51.4 Å². The summed E-state index contributed by atoms with van der Waals surface area (Å²) in [6.45, 7) is 3.31. The minimum atomic E-state index is -0.128. The fraction of sp³-hybridized carbons (Fsp3) is 0.636. The number of nitrogens with zero attached hydrogens (tertiary/aromatic N) is 3. The zero-order valence-electron chi connectivity index (χ0n) is 17.1. The second kappa shape index (κ2) is 10.9. The average molecular weight is 401 g/mol. The summed E-state index contributed by atoms with van der Waals surface area (Å²) in [6.07, 6.45) is 8.04. The minimum Gasteiger partial charge on any atom is -0.356 e. The van der Waals surface area contributed by atoms with Crippen LogP contribution in [0.5, 0.6) is 0 Å². The van der Waals surface area contributed by atoms with Crippen molar-refractivity contribution in [2.75, 3.05) is 32.7 Å². The van der Waals surface area contributed by atoms with Crippen LogP contribution < -0.4 is 5.32 Å². The van der Waals surface area contributed by atoms with Gasteiger partial charge in [-0.25, -0.2) is 0 Å². The number of rotatable bonds is 10. The van der Waals surface area contributed by atoms with E-state index in [0.29, 0.717) is 45.4 Å². The standard InChI is InChI=1S/C22H32N4O3/c27-20-9-5-14-25(20)15-6-16-26-17-18(10-11-21(26)28)22(29)24-13-4-2-8-19-7-1-3-12-23-19/h1,3,7,12,18H,2,4-6,8-11,13-17H2,(H,24,29)/t18-/m1/s1. The fourth-order valence-corrected chi connectivity index (χ4v) is 4.07. The van der Waals surface area contributed by atoms with Crippen LogP contribution in [0.25, 0.3) is 0 Å². The molecule has 2 fully saturated rings. The maximum absolute atomic E-state index is 12.5. The largest absolute Gasteiger partial charge is 0.356 e. The van der Waals surface area contributed by atoms with Gasteiger partial charge in [0.25, 0.3) is 0 Å². The molecule has 1 aromatic heterocycles. The quantitative estimate of drug-likeness (QED) is 0.607. The normalized spacial score (nSPS) is 19.7.